The predicted molar refractivity (Wildman–Crippen MR) is 58.0 cm³/mol. The van der Waals surface area contributed by atoms with Crippen molar-refractivity contribution in [3.05, 3.63) is 12.4 Å². The van der Waals surface area contributed by atoms with Crippen LogP contribution in [0.25, 0.3) is 0 Å². The molecule has 0 aliphatic carbocycles. The molecule has 1 aliphatic rings. The van der Waals surface area contributed by atoms with E-state index in [0.717, 1.165) is 25.3 Å². The second-order valence-corrected chi connectivity index (χ2v) is 3.73. The molecule has 1 aromatic rings. The minimum absolute atomic E-state index is 0.270. The number of rotatable bonds is 4. The topological polar surface area (TPSA) is 64.3 Å². The smallest absolute Gasteiger partial charge is 0.234 e. The van der Waals surface area contributed by atoms with Crippen molar-refractivity contribution < 1.29 is 4.74 Å². The zero-order valence-electron chi connectivity index (χ0n) is 8.89. The van der Waals surface area contributed by atoms with Gasteiger partial charge in [-0.15, -0.1) is 0 Å². The lowest BCUT2D eigenvalue weighted by Crippen LogP contribution is -2.56. The summed E-state index contributed by atoms with van der Waals surface area (Å²) in [5.41, 5.74) is 5.70. The van der Waals surface area contributed by atoms with Crippen LogP contribution in [0, 0.1) is 0 Å². The third-order valence-corrected chi connectivity index (χ3v) is 2.29. The summed E-state index contributed by atoms with van der Waals surface area (Å²) in [4.78, 5) is 10.5. The molecule has 1 aliphatic heterocycles. The highest BCUT2D eigenvalue weighted by atomic mass is 16.5. The van der Waals surface area contributed by atoms with Crippen molar-refractivity contribution >= 4 is 5.82 Å². The van der Waals surface area contributed by atoms with Crippen molar-refractivity contribution in [3.63, 3.8) is 0 Å². The van der Waals surface area contributed by atoms with E-state index in [2.05, 4.69) is 21.8 Å². The molecule has 0 atom stereocenters. The monoisotopic (exact) mass is 208 g/mol. The molecule has 15 heavy (non-hydrogen) atoms. The van der Waals surface area contributed by atoms with E-state index in [1.165, 1.54) is 0 Å². The summed E-state index contributed by atoms with van der Waals surface area (Å²) in [6, 6.07) is 0.270. The molecule has 0 aromatic carbocycles. The van der Waals surface area contributed by atoms with Crippen LogP contribution in [0.5, 0.6) is 5.88 Å². The largest absolute Gasteiger partial charge is 0.477 e. The quantitative estimate of drug-likeness (QED) is 0.776. The van der Waals surface area contributed by atoms with Crippen LogP contribution in [0.2, 0.25) is 0 Å². The molecule has 0 radical (unpaired) electrons. The lowest BCUT2D eigenvalue weighted by molar-refractivity contribution is 0.303. The van der Waals surface area contributed by atoms with Crippen molar-refractivity contribution in [3.8, 4) is 5.88 Å². The maximum Gasteiger partial charge on any atom is 0.234 e. The first-order chi connectivity index (χ1) is 7.29. The van der Waals surface area contributed by atoms with Gasteiger partial charge in [-0.25, -0.2) is 0 Å². The molecule has 0 saturated carbocycles. The normalized spacial score (nSPS) is 16.3. The maximum absolute atomic E-state index is 5.70. The molecule has 0 bridgehead atoms. The minimum Gasteiger partial charge on any atom is -0.477 e. The second-order valence-electron chi connectivity index (χ2n) is 3.73. The zero-order chi connectivity index (χ0) is 10.7. The highest BCUT2D eigenvalue weighted by Gasteiger charge is 2.24. The molecule has 1 fully saturated rings. The zero-order valence-corrected chi connectivity index (χ0v) is 8.89. The molecule has 0 amide bonds. The summed E-state index contributed by atoms with van der Waals surface area (Å²) in [7, 11) is 0. The fourth-order valence-corrected chi connectivity index (χ4v) is 1.47. The van der Waals surface area contributed by atoms with Gasteiger partial charge in [0, 0.05) is 19.1 Å². The Labute approximate surface area is 89.3 Å². The molecule has 5 heteroatoms. The number of ether oxygens (including phenoxy) is 1. The van der Waals surface area contributed by atoms with E-state index in [1.807, 2.05) is 0 Å². The minimum atomic E-state index is 0.270. The molecular weight excluding hydrogens is 192 g/mol. The first-order valence-electron chi connectivity index (χ1n) is 5.25. The Morgan fingerprint density at radius 3 is 3.00 bits per heavy atom. The van der Waals surface area contributed by atoms with E-state index in [0.29, 0.717) is 12.5 Å². The van der Waals surface area contributed by atoms with Gasteiger partial charge in [-0.2, -0.15) is 4.98 Å². The van der Waals surface area contributed by atoms with Gasteiger partial charge in [0.05, 0.1) is 19.0 Å². The average molecular weight is 208 g/mol. The van der Waals surface area contributed by atoms with Crippen LogP contribution in [0.4, 0.5) is 5.82 Å². The van der Waals surface area contributed by atoms with Gasteiger partial charge < -0.3 is 15.4 Å². The average Bonchev–Trinajstić information content (AvgIpc) is 2.22. The lowest BCUT2D eigenvalue weighted by atomic mass is 10.1. The molecular formula is C10H16N4O. The van der Waals surface area contributed by atoms with Crippen LogP contribution in [0.15, 0.2) is 12.4 Å². The van der Waals surface area contributed by atoms with Crippen LogP contribution in [-0.4, -0.2) is 35.7 Å². The number of anilines is 1. The standard InChI is InChI=1S/C10H16N4O/c1-2-3-15-10-5-12-4-9(13-10)14-6-8(11)7-14/h4-5,8H,2-3,6-7,11H2,1H3. The third-order valence-electron chi connectivity index (χ3n) is 2.29. The molecule has 0 spiro atoms. The predicted octanol–water partition coefficient (Wildman–Crippen LogP) is 0.413. The van der Waals surface area contributed by atoms with Crippen LogP contribution in [0.1, 0.15) is 13.3 Å². The molecule has 5 nitrogen and oxygen atoms in total. The van der Waals surface area contributed by atoms with Crippen molar-refractivity contribution in [2.75, 3.05) is 24.6 Å². The van der Waals surface area contributed by atoms with Gasteiger partial charge in [-0.05, 0) is 6.42 Å². The number of hydrogen-bond acceptors (Lipinski definition) is 5. The third kappa shape index (κ3) is 2.36. The van der Waals surface area contributed by atoms with Gasteiger partial charge in [0.2, 0.25) is 5.88 Å². The SMILES string of the molecule is CCCOc1cncc(N2CC(N)C2)n1. The second kappa shape index (κ2) is 4.44. The summed E-state index contributed by atoms with van der Waals surface area (Å²) >= 11 is 0. The Kier molecular flexibility index (Phi) is 3.01. The van der Waals surface area contributed by atoms with Gasteiger partial charge in [-0.3, -0.25) is 4.98 Å². The van der Waals surface area contributed by atoms with E-state index >= 15 is 0 Å². The number of nitrogens with two attached hydrogens (primary N) is 1. The number of hydrogen-bond donors (Lipinski definition) is 1. The molecule has 1 aromatic heterocycles. The van der Waals surface area contributed by atoms with E-state index in [-0.39, 0.29) is 6.04 Å². The summed E-state index contributed by atoms with van der Waals surface area (Å²) in [5.74, 6) is 1.44. The Balaban J connectivity index is 1.99. The van der Waals surface area contributed by atoms with E-state index in [9.17, 15) is 0 Å². The van der Waals surface area contributed by atoms with E-state index in [1.54, 1.807) is 12.4 Å². The molecule has 0 unspecified atom stereocenters. The van der Waals surface area contributed by atoms with Gasteiger partial charge >= 0.3 is 0 Å². The Bertz CT molecular complexity index is 325. The Morgan fingerprint density at radius 1 is 1.53 bits per heavy atom. The fraction of sp³-hybridized carbons (Fsp3) is 0.600. The van der Waals surface area contributed by atoms with E-state index in [4.69, 9.17) is 10.5 Å². The van der Waals surface area contributed by atoms with Gasteiger partial charge in [-0.1, -0.05) is 6.92 Å². The van der Waals surface area contributed by atoms with Crippen LogP contribution >= 0.6 is 0 Å². The van der Waals surface area contributed by atoms with Crippen LogP contribution < -0.4 is 15.4 Å². The molecule has 2 N–H and O–H groups in total. The molecule has 82 valence electrons. The van der Waals surface area contributed by atoms with Crippen molar-refractivity contribution in [1.82, 2.24) is 9.97 Å². The molecule has 2 heterocycles. The van der Waals surface area contributed by atoms with Gasteiger partial charge in [0.25, 0.3) is 0 Å². The van der Waals surface area contributed by atoms with Crippen molar-refractivity contribution in [2.24, 2.45) is 5.73 Å². The van der Waals surface area contributed by atoms with Crippen LogP contribution in [0.3, 0.4) is 0 Å². The highest BCUT2D eigenvalue weighted by molar-refractivity contribution is 5.41. The Morgan fingerprint density at radius 2 is 2.33 bits per heavy atom. The van der Waals surface area contributed by atoms with Crippen molar-refractivity contribution in [2.45, 2.75) is 19.4 Å². The van der Waals surface area contributed by atoms with Gasteiger partial charge in [0.1, 0.15) is 0 Å². The summed E-state index contributed by atoms with van der Waals surface area (Å²) < 4.78 is 5.41. The summed E-state index contributed by atoms with van der Waals surface area (Å²) in [6.45, 7) is 4.45. The van der Waals surface area contributed by atoms with Gasteiger partial charge in [0.15, 0.2) is 5.82 Å². The fourth-order valence-electron chi connectivity index (χ4n) is 1.47. The summed E-state index contributed by atoms with van der Waals surface area (Å²) in [6.07, 6.45) is 4.35. The first-order valence-corrected chi connectivity index (χ1v) is 5.25. The van der Waals surface area contributed by atoms with E-state index < -0.39 is 0 Å². The molecule has 1 saturated heterocycles. The number of nitrogens with zero attached hydrogens (tertiary/aromatic N) is 3. The summed E-state index contributed by atoms with van der Waals surface area (Å²) in [5, 5.41) is 0. The first kappa shape index (κ1) is 10.2. The maximum atomic E-state index is 5.70. The Hall–Kier alpha value is -1.36. The van der Waals surface area contributed by atoms with Crippen LogP contribution in [-0.2, 0) is 0 Å². The molecule has 2 rings (SSSR count). The van der Waals surface area contributed by atoms with Crippen molar-refractivity contribution in [1.29, 1.82) is 0 Å². The number of aromatic nitrogens is 2. The highest BCUT2D eigenvalue weighted by Crippen LogP contribution is 2.18. The lowest BCUT2D eigenvalue weighted by Gasteiger charge is -2.37.